The fourth-order valence-corrected chi connectivity index (χ4v) is 8.23. The van der Waals surface area contributed by atoms with Crippen LogP contribution in [0, 0.1) is 17.8 Å². The first-order valence-corrected chi connectivity index (χ1v) is 17.7. The maximum atomic E-state index is 13.6. The second-order valence-electron chi connectivity index (χ2n) is 11.6. The van der Waals surface area contributed by atoms with E-state index in [-0.39, 0.29) is 29.6 Å². The quantitative estimate of drug-likeness (QED) is 0.224. The number of nitrogens with one attached hydrogen (secondary N) is 2. The minimum atomic E-state index is -4.14. The Balaban J connectivity index is 1.59. The summed E-state index contributed by atoms with van der Waals surface area (Å²) in [6.07, 6.45) is 1.05. The standard InChI is InChI=1S/C31H38N2O8S2/c1-20-14-24(26(15-20)31(36)37)18-29(34)27(16-21-8-4-3-5-9-21)32-30(35)28(33-42(2,38)39)19-43(40,41)25-13-12-22-10-6-7-11-23(22)17-25/h3-13,17,20,24,26-29,33-34H,14-16,18-19H2,1-2H3,(H,32,35)(H,36,37). The van der Waals surface area contributed by atoms with Crippen molar-refractivity contribution in [2.75, 3.05) is 12.0 Å². The van der Waals surface area contributed by atoms with Crippen LogP contribution in [0.25, 0.3) is 10.8 Å². The number of sulfone groups is 1. The van der Waals surface area contributed by atoms with Crippen LogP contribution in [-0.2, 0) is 35.9 Å². The third-order valence-electron chi connectivity index (χ3n) is 8.02. The van der Waals surface area contributed by atoms with Gasteiger partial charge in [-0.15, -0.1) is 0 Å². The Bertz CT molecular complexity index is 1660. The van der Waals surface area contributed by atoms with Gasteiger partial charge in [-0.25, -0.2) is 21.6 Å². The number of carboxylic acids is 1. The number of amides is 1. The molecule has 232 valence electrons. The Morgan fingerprint density at radius 1 is 0.930 bits per heavy atom. The van der Waals surface area contributed by atoms with Crippen molar-refractivity contribution < 1.29 is 36.6 Å². The van der Waals surface area contributed by atoms with Gasteiger partial charge in [-0.3, -0.25) is 9.59 Å². The van der Waals surface area contributed by atoms with Gasteiger partial charge >= 0.3 is 5.97 Å². The largest absolute Gasteiger partial charge is 0.481 e. The van der Waals surface area contributed by atoms with Gasteiger partial charge in [0.15, 0.2) is 9.84 Å². The molecule has 1 aliphatic carbocycles. The summed E-state index contributed by atoms with van der Waals surface area (Å²) < 4.78 is 53.5. The number of benzene rings is 3. The van der Waals surface area contributed by atoms with Gasteiger partial charge in [-0.2, -0.15) is 0 Å². The molecule has 1 fully saturated rings. The van der Waals surface area contributed by atoms with Gasteiger partial charge in [0.05, 0.1) is 35.0 Å². The van der Waals surface area contributed by atoms with E-state index in [9.17, 15) is 36.6 Å². The van der Waals surface area contributed by atoms with Crippen LogP contribution in [0.3, 0.4) is 0 Å². The molecule has 6 atom stereocenters. The SMILES string of the molecule is CC1CC(CC(O)C(Cc2ccccc2)NC(=O)C(CS(=O)(=O)c2ccc3ccccc3c2)NS(C)(=O)=O)C(C(=O)O)C1. The smallest absolute Gasteiger partial charge is 0.306 e. The number of carbonyl (C=O) groups excluding carboxylic acids is 1. The molecule has 0 saturated heterocycles. The molecule has 0 radical (unpaired) electrons. The van der Waals surface area contributed by atoms with Crippen LogP contribution < -0.4 is 10.0 Å². The summed E-state index contributed by atoms with van der Waals surface area (Å²) in [5.41, 5.74) is 0.776. The van der Waals surface area contributed by atoms with Gasteiger partial charge in [0.2, 0.25) is 15.9 Å². The highest BCUT2D eigenvalue weighted by molar-refractivity contribution is 7.91. The van der Waals surface area contributed by atoms with E-state index in [0.29, 0.717) is 18.2 Å². The summed E-state index contributed by atoms with van der Waals surface area (Å²) in [6, 6.07) is 18.1. The molecule has 4 rings (SSSR count). The molecule has 12 heteroatoms. The number of aliphatic hydroxyl groups is 1. The number of rotatable bonds is 13. The number of sulfonamides is 1. The zero-order chi connectivity index (χ0) is 31.4. The molecular formula is C31H38N2O8S2. The Labute approximate surface area is 252 Å². The van der Waals surface area contributed by atoms with E-state index >= 15 is 0 Å². The number of fused-ring (bicyclic) bond motifs is 1. The van der Waals surface area contributed by atoms with Gasteiger partial charge < -0.3 is 15.5 Å². The van der Waals surface area contributed by atoms with Crippen molar-refractivity contribution in [2.45, 2.75) is 55.7 Å². The molecule has 1 saturated carbocycles. The molecule has 0 bridgehead atoms. The van der Waals surface area contributed by atoms with E-state index in [1.54, 1.807) is 42.5 Å². The van der Waals surface area contributed by atoms with Crippen molar-refractivity contribution in [3.8, 4) is 0 Å². The molecule has 0 heterocycles. The third-order valence-corrected chi connectivity index (χ3v) is 10.5. The summed E-state index contributed by atoms with van der Waals surface area (Å²) >= 11 is 0. The van der Waals surface area contributed by atoms with Crippen molar-refractivity contribution in [2.24, 2.45) is 17.8 Å². The van der Waals surface area contributed by atoms with Crippen molar-refractivity contribution in [3.05, 3.63) is 78.4 Å². The fourth-order valence-electron chi connectivity index (χ4n) is 5.97. The van der Waals surface area contributed by atoms with Crippen LogP contribution >= 0.6 is 0 Å². The summed E-state index contributed by atoms with van der Waals surface area (Å²) in [7, 11) is -8.16. The predicted molar refractivity (Wildman–Crippen MR) is 163 cm³/mol. The van der Waals surface area contributed by atoms with Gasteiger partial charge in [-0.05, 0) is 66.0 Å². The molecule has 1 aliphatic rings. The van der Waals surface area contributed by atoms with Gasteiger partial charge in [-0.1, -0.05) is 67.6 Å². The Kier molecular flexibility index (Phi) is 10.3. The van der Waals surface area contributed by atoms with E-state index in [2.05, 4.69) is 10.0 Å². The lowest BCUT2D eigenvalue weighted by atomic mass is 9.87. The van der Waals surface area contributed by atoms with Crippen molar-refractivity contribution in [3.63, 3.8) is 0 Å². The van der Waals surface area contributed by atoms with Crippen LogP contribution in [0.1, 0.15) is 31.7 Å². The predicted octanol–water partition coefficient (Wildman–Crippen LogP) is 2.76. The lowest BCUT2D eigenvalue weighted by Gasteiger charge is -2.29. The lowest BCUT2D eigenvalue weighted by Crippen LogP contribution is -2.55. The molecular weight excluding hydrogens is 592 g/mol. The Morgan fingerprint density at radius 3 is 2.23 bits per heavy atom. The minimum Gasteiger partial charge on any atom is -0.481 e. The first kappa shape index (κ1) is 32.6. The average Bonchev–Trinajstić information content (AvgIpc) is 3.31. The number of hydrogen-bond acceptors (Lipinski definition) is 7. The maximum absolute atomic E-state index is 13.6. The highest BCUT2D eigenvalue weighted by Gasteiger charge is 2.40. The van der Waals surface area contributed by atoms with E-state index in [1.807, 2.05) is 25.1 Å². The molecule has 43 heavy (non-hydrogen) atoms. The van der Waals surface area contributed by atoms with Gasteiger partial charge in [0.25, 0.3) is 0 Å². The molecule has 10 nitrogen and oxygen atoms in total. The van der Waals surface area contributed by atoms with E-state index in [0.717, 1.165) is 17.2 Å². The topological polar surface area (TPSA) is 167 Å². The Morgan fingerprint density at radius 2 is 1.58 bits per heavy atom. The first-order chi connectivity index (χ1) is 20.2. The zero-order valence-corrected chi connectivity index (χ0v) is 25.7. The monoisotopic (exact) mass is 630 g/mol. The van der Waals surface area contributed by atoms with Crippen LogP contribution in [0.2, 0.25) is 0 Å². The fraction of sp³-hybridized carbons (Fsp3) is 0.419. The van der Waals surface area contributed by atoms with Gasteiger partial charge in [0.1, 0.15) is 6.04 Å². The zero-order valence-electron chi connectivity index (χ0n) is 24.1. The molecule has 6 unspecified atom stereocenters. The minimum absolute atomic E-state index is 0.0600. The molecule has 0 aliphatic heterocycles. The number of aliphatic carboxylic acids is 1. The number of carbonyl (C=O) groups is 2. The van der Waals surface area contributed by atoms with Gasteiger partial charge in [0, 0.05) is 0 Å². The van der Waals surface area contributed by atoms with E-state index < -0.39 is 61.6 Å². The molecule has 1 amide bonds. The molecule has 3 aromatic carbocycles. The Hall–Kier alpha value is -3.32. The van der Waals surface area contributed by atoms with Crippen molar-refractivity contribution >= 4 is 42.5 Å². The highest BCUT2D eigenvalue weighted by Crippen LogP contribution is 2.39. The maximum Gasteiger partial charge on any atom is 0.306 e. The third kappa shape index (κ3) is 8.85. The van der Waals surface area contributed by atoms with Crippen molar-refractivity contribution in [1.29, 1.82) is 0 Å². The van der Waals surface area contributed by atoms with E-state index in [4.69, 9.17) is 0 Å². The van der Waals surface area contributed by atoms with Crippen molar-refractivity contribution in [1.82, 2.24) is 10.0 Å². The molecule has 0 aromatic heterocycles. The first-order valence-electron chi connectivity index (χ1n) is 14.2. The number of carboxylic acid groups (broad SMARTS) is 1. The number of hydrogen-bond donors (Lipinski definition) is 4. The summed E-state index contributed by atoms with van der Waals surface area (Å²) in [5.74, 6) is -3.45. The van der Waals surface area contributed by atoms with Crippen LogP contribution in [0.15, 0.2) is 77.7 Å². The summed E-state index contributed by atoms with van der Waals surface area (Å²) in [4.78, 5) is 25.4. The molecule has 4 N–H and O–H groups in total. The van der Waals surface area contributed by atoms with Crippen LogP contribution in [0.5, 0.6) is 0 Å². The lowest BCUT2D eigenvalue weighted by molar-refractivity contribution is -0.143. The highest BCUT2D eigenvalue weighted by atomic mass is 32.2. The van der Waals surface area contributed by atoms with E-state index in [1.165, 1.54) is 12.1 Å². The second-order valence-corrected chi connectivity index (χ2v) is 15.4. The summed E-state index contributed by atoms with van der Waals surface area (Å²) in [6.45, 7) is 1.96. The van der Waals surface area contributed by atoms with Crippen LogP contribution in [-0.4, -0.2) is 69.1 Å². The summed E-state index contributed by atoms with van der Waals surface area (Å²) in [5, 5.41) is 25.2. The van der Waals surface area contributed by atoms with Crippen LogP contribution in [0.4, 0.5) is 0 Å². The average molecular weight is 631 g/mol. The number of aliphatic hydroxyl groups excluding tert-OH is 1. The molecule has 0 spiro atoms. The normalized spacial score (nSPS) is 21.2. The molecule has 3 aromatic rings. The second kappa shape index (κ2) is 13.5.